The van der Waals surface area contributed by atoms with Gasteiger partial charge in [-0.1, -0.05) is 12.1 Å². The monoisotopic (exact) mass is 656 g/mol. The number of halogens is 2. The Balaban J connectivity index is 1.22. The Labute approximate surface area is 267 Å². The van der Waals surface area contributed by atoms with Crippen LogP contribution in [0.25, 0.3) is 0 Å². The van der Waals surface area contributed by atoms with Crippen molar-refractivity contribution < 1.29 is 37.4 Å². The molecule has 2 atom stereocenters. The number of aromatic nitrogens is 4. The van der Waals surface area contributed by atoms with E-state index in [1.807, 2.05) is 0 Å². The van der Waals surface area contributed by atoms with Gasteiger partial charge in [0.1, 0.15) is 17.1 Å². The summed E-state index contributed by atoms with van der Waals surface area (Å²) in [4.78, 5) is 73.6. The third kappa shape index (κ3) is 9.83. The van der Waals surface area contributed by atoms with Crippen molar-refractivity contribution in [1.29, 1.82) is 0 Å². The van der Waals surface area contributed by atoms with Crippen LogP contribution in [0.15, 0.2) is 53.7 Å². The van der Waals surface area contributed by atoms with Crippen LogP contribution in [0, 0.1) is 0 Å². The molecule has 1 aliphatic rings. The normalized spacial score (nSPS) is 17.0. The van der Waals surface area contributed by atoms with Gasteiger partial charge < -0.3 is 25.4 Å². The quantitative estimate of drug-likeness (QED) is 0.250. The molecule has 17 heteroatoms. The van der Waals surface area contributed by atoms with Gasteiger partial charge in [-0.2, -0.15) is 4.98 Å². The van der Waals surface area contributed by atoms with Gasteiger partial charge in [0.05, 0.1) is 42.1 Å². The summed E-state index contributed by atoms with van der Waals surface area (Å²) in [7, 11) is 0. The van der Waals surface area contributed by atoms with E-state index in [1.54, 1.807) is 45.0 Å². The van der Waals surface area contributed by atoms with Crippen LogP contribution in [0.3, 0.4) is 0 Å². The van der Waals surface area contributed by atoms with E-state index in [9.17, 15) is 32.8 Å². The summed E-state index contributed by atoms with van der Waals surface area (Å²) < 4.78 is 39.3. The summed E-state index contributed by atoms with van der Waals surface area (Å²) in [6.45, 7) is 6.61. The molecular formula is C30H34F2N8O7. The number of hydrogen-bond acceptors (Lipinski definition) is 10. The molecule has 2 aromatic heterocycles. The molecular weight excluding hydrogens is 622 g/mol. The zero-order chi connectivity index (χ0) is 34.4. The van der Waals surface area contributed by atoms with Gasteiger partial charge in [-0.15, -0.1) is 0 Å². The molecule has 0 saturated carbocycles. The minimum atomic E-state index is -3.25. The van der Waals surface area contributed by atoms with E-state index < -0.39 is 59.8 Å². The second-order valence-electron chi connectivity index (χ2n) is 11.6. The van der Waals surface area contributed by atoms with Gasteiger partial charge in [-0.25, -0.2) is 23.4 Å². The third-order valence-electron chi connectivity index (χ3n) is 6.43. The number of hydrogen-bond donors (Lipinski definition) is 4. The van der Waals surface area contributed by atoms with E-state index in [4.69, 9.17) is 9.47 Å². The summed E-state index contributed by atoms with van der Waals surface area (Å²) in [6.07, 6.45) is -0.645. The lowest BCUT2D eigenvalue weighted by Gasteiger charge is -2.20. The van der Waals surface area contributed by atoms with Gasteiger partial charge in [0.2, 0.25) is 18.0 Å². The molecule has 1 aliphatic heterocycles. The van der Waals surface area contributed by atoms with Crippen LogP contribution in [-0.4, -0.2) is 61.0 Å². The SMILES string of the molecule is CC1CC(F)(F)C(n2ccc(NC(=O)CCC(=O)NCc3cnc(C(=O)Nc4ccccc4NC(=O)OC(C)(C)C)cn3)nc2=O)O1. The lowest BCUT2D eigenvalue weighted by atomic mass is 10.2. The second kappa shape index (κ2) is 14.4. The number of carbonyl (C=O) groups excluding carboxylic acids is 4. The maximum absolute atomic E-state index is 14.1. The maximum Gasteiger partial charge on any atom is 0.412 e. The summed E-state index contributed by atoms with van der Waals surface area (Å²) in [5, 5.41) is 10.2. The number of amides is 4. The van der Waals surface area contributed by atoms with Crippen molar-refractivity contribution in [2.45, 2.75) is 77.4 Å². The highest BCUT2D eigenvalue weighted by Gasteiger charge is 2.50. The molecule has 15 nitrogen and oxygen atoms in total. The van der Waals surface area contributed by atoms with Crippen LogP contribution >= 0.6 is 0 Å². The average Bonchev–Trinajstić information content (AvgIpc) is 3.26. The number of para-hydroxylation sites is 2. The lowest BCUT2D eigenvalue weighted by molar-refractivity contribution is -0.124. The van der Waals surface area contributed by atoms with E-state index in [0.717, 1.165) is 6.20 Å². The first-order valence-corrected chi connectivity index (χ1v) is 14.5. The first-order chi connectivity index (χ1) is 22.1. The van der Waals surface area contributed by atoms with E-state index >= 15 is 0 Å². The number of carbonyl (C=O) groups is 4. The highest BCUT2D eigenvalue weighted by molar-refractivity contribution is 6.05. The van der Waals surface area contributed by atoms with Gasteiger partial charge >= 0.3 is 11.8 Å². The van der Waals surface area contributed by atoms with Crippen LogP contribution in [0.1, 0.15) is 69.4 Å². The fraction of sp³-hybridized carbons (Fsp3) is 0.400. The van der Waals surface area contributed by atoms with E-state index in [0.29, 0.717) is 21.6 Å². The molecule has 0 bridgehead atoms. The predicted octanol–water partition coefficient (Wildman–Crippen LogP) is 3.61. The second-order valence-corrected chi connectivity index (χ2v) is 11.6. The molecule has 0 aliphatic carbocycles. The number of alkyl halides is 2. The molecule has 3 aromatic rings. The van der Waals surface area contributed by atoms with Gasteiger partial charge in [-0.3, -0.25) is 29.3 Å². The number of anilines is 3. The molecule has 250 valence electrons. The van der Waals surface area contributed by atoms with Gasteiger partial charge in [-0.05, 0) is 45.9 Å². The Hall–Kier alpha value is -5.32. The number of rotatable bonds is 10. The molecule has 1 aromatic carbocycles. The molecule has 1 saturated heterocycles. The highest BCUT2D eigenvalue weighted by atomic mass is 19.3. The van der Waals surface area contributed by atoms with Crippen LogP contribution in [-0.2, 0) is 25.6 Å². The molecule has 4 amide bonds. The molecule has 1 fully saturated rings. The first kappa shape index (κ1) is 34.6. The van der Waals surface area contributed by atoms with Crippen LogP contribution in [0.5, 0.6) is 0 Å². The van der Waals surface area contributed by atoms with Gasteiger partial charge in [0.25, 0.3) is 11.8 Å². The fourth-order valence-corrected chi connectivity index (χ4v) is 4.36. The number of nitrogens with zero attached hydrogens (tertiary/aromatic N) is 4. The largest absolute Gasteiger partial charge is 0.444 e. The summed E-state index contributed by atoms with van der Waals surface area (Å²) in [5.74, 6) is -5.12. The van der Waals surface area contributed by atoms with Crippen molar-refractivity contribution in [3.05, 3.63) is 70.8 Å². The Bertz CT molecular complexity index is 1690. The number of benzene rings is 1. The molecule has 2 unspecified atom stereocenters. The number of ether oxygens (including phenoxy) is 2. The average molecular weight is 657 g/mol. The molecule has 3 heterocycles. The number of nitrogens with one attached hydrogen (secondary N) is 4. The summed E-state index contributed by atoms with van der Waals surface area (Å²) in [6, 6.07) is 7.71. The predicted molar refractivity (Wildman–Crippen MR) is 164 cm³/mol. The van der Waals surface area contributed by atoms with Crippen molar-refractivity contribution in [2.24, 2.45) is 0 Å². The molecule has 47 heavy (non-hydrogen) atoms. The van der Waals surface area contributed by atoms with Crippen molar-refractivity contribution >= 4 is 41.0 Å². The standard InChI is InChI=1S/C30H34F2N8O7/c1-17-13-30(31,32)26(46-17)40-12-11-22(39-27(40)44)38-24(42)10-9-23(41)35-15-18-14-34-21(16-33-18)25(43)36-19-7-5-6-8-20(19)37-28(45)47-29(2,3)4/h5-8,11-12,14,16-17,26H,9-10,13,15H2,1-4H3,(H,35,41)(H,36,43)(H,37,45)(H,38,39,42,44). The van der Waals surface area contributed by atoms with Crippen molar-refractivity contribution in [2.75, 3.05) is 16.0 Å². The van der Waals surface area contributed by atoms with Crippen molar-refractivity contribution in [3.63, 3.8) is 0 Å². The van der Waals surface area contributed by atoms with Crippen molar-refractivity contribution in [3.8, 4) is 0 Å². The maximum atomic E-state index is 14.1. The van der Waals surface area contributed by atoms with Crippen LogP contribution in [0.2, 0.25) is 0 Å². The third-order valence-corrected chi connectivity index (χ3v) is 6.43. The van der Waals surface area contributed by atoms with Gasteiger partial charge in [0, 0.05) is 25.5 Å². The zero-order valence-corrected chi connectivity index (χ0v) is 26.0. The Kier molecular flexibility index (Phi) is 10.6. The lowest BCUT2D eigenvalue weighted by Crippen LogP contribution is -2.35. The Morgan fingerprint density at radius 3 is 2.28 bits per heavy atom. The summed E-state index contributed by atoms with van der Waals surface area (Å²) in [5.41, 5.74) is -0.796. The van der Waals surface area contributed by atoms with Crippen LogP contribution in [0.4, 0.5) is 30.8 Å². The molecule has 4 N–H and O–H groups in total. The van der Waals surface area contributed by atoms with Gasteiger partial charge in [0.15, 0.2) is 0 Å². The Morgan fingerprint density at radius 2 is 1.68 bits per heavy atom. The van der Waals surface area contributed by atoms with E-state index in [1.165, 1.54) is 25.4 Å². The smallest absolute Gasteiger partial charge is 0.412 e. The minimum Gasteiger partial charge on any atom is -0.444 e. The molecule has 4 rings (SSSR count). The zero-order valence-electron chi connectivity index (χ0n) is 26.0. The molecule has 0 spiro atoms. The van der Waals surface area contributed by atoms with E-state index in [2.05, 4.69) is 36.2 Å². The highest BCUT2D eigenvalue weighted by Crippen LogP contribution is 2.41. The Morgan fingerprint density at radius 1 is 1.00 bits per heavy atom. The van der Waals surface area contributed by atoms with Crippen LogP contribution < -0.4 is 27.0 Å². The van der Waals surface area contributed by atoms with Crippen molar-refractivity contribution in [1.82, 2.24) is 24.8 Å². The molecule has 0 radical (unpaired) electrons. The fourth-order valence-electron chi connectivity index (χ4n) is 4.36. The van der Waals surface area contributed by atoms with E-state index in [-0.39, 0.29) is 30.9 Å². The minimum absolute atomic E-state index is 0.0239. The topological polar surface area (TPSA) is 196 Å². The summed E-state index contributed by atoms with van der Waals surface area (Å²) >= 11 is 0. The first-order valence-electron chi connectivity index (χ1n) is 14.5.